The summed E-state index contributed by atoms with van der Waals surface area (Å²) in [5.74, 6) is 0.717. The average Bonchev–Trinajstić information content (AvgIpc) is 3.33. The summed E-state index contributed by atoms with van der Waals surface area (Å²) in [5, 5.41) is 0.0338. The van der Waals surface area contributed by atoms with Crippen molar-refractivity contribution in [1.82, 2.24) is 14.3 Å². The van der Waals surface area contributed by atoms with Gasteiger partial charge in [0.05, 0.1) is 6.33 Å². The molecule has 0 saturated heterocycles. The summed E-state index contributed by atoms with van der Waals surface area (Å²) in [6.07, 6.45) is 7.71. The van der Waals surface area contributed by atoms with E-state index in [0.717, 1.165) is 36.8 Å². The fourth-order valence-electron chi connectivity index (χ4n) is 4.81. The predicted molar refractivity (Wildman–Crippen MR) is 123 cm³/mol. The van der Waals surface area contributed by atoms with Gasteiger partial charge in [0, 0.05) is 19.8 Å². The van der Waals surface area contributed by atoms with Crippen molar-refractivity contribution in [2.45, 2.75) is 50.0 Å². The lowest BCUT2D eigenvalue weighted by atomic mass is 9.84. The molecule has 1 aromatic heterocycles. The van der Waals surface area contributed by atoms with Gasteiger partial charge in [-0.3, -0.25) is 0 Å². The molecule has 3 aromatic rings. The van der Waals surface area contributed by atoms with Crippen LogP contribution in [0, 0.1) is 11.7 Å². The van der Waals surface area contributed by atoms with E-state index < -0.39 is 10.0 Å². The van der Waals surface area contributed by atoms with Gasteiger partial charge >= 0.3 is 0 Å². The third kappa shape index (κ3) is 5.10. The van der Waals surface area contributed by atoms with Crippen molar-refractivity contribution in [2.75, 3.05) is 6.54 Å². The fraction of sp³-hybridized carbons (Fsp3) is 0.400. The molecule has 0 aliphatic heterocycles. The van der Waals surface area contributed by atoms with E-state index >= 15 is 0 Å². The molecule has 0 fully saturated rings. The molecule has 0 saturated carbocycles. The second-order valence-corrected chi connectivity index (χ2v) is 10.5. The summed E-state index contributed by atoms with van der Waals surface area (Å²) >= 11 is 0. The van der Waals surface area contributed by atoms with Crippen molar-refractivity contribution in [3.63, 3.8) is 0 Å². The number of nitrogens with zero attached hydrogens (tertiary/aromatic N) is 2. The largest absolute Gasteiger partial charge is 0.339 e. The highest BCUT2D eigenvalue weighted by Gasteiger charge is 2.32. The lowest BCUT2D eigenvalue weighted by Crippen LogP contribution is -2.26. The van der Waals surface area contributed by atoms with Crippen LogP contribution < -0.4 is 4.72 Å². The van der Waals surface area contributed by atoms with Crippen molar-refractivity contribution in [2.24, 2.45) is 13.0 Å². The Balaban J connectivity index is 1.48. The molecule has 2 unspecified atom stereocenters. The van der Waals surface area contributed by atoms with Gasteiger partial charge in [0.25, 0.3) is 10.0 Å². The summed E-state index contributed by atoms with van der Waals surface area (Å²) in [7, 11) is -1.87. The Labute approximate surface area is 189 Å². The molecule has 7 heteroatoms. The van der Waals surface area contributed by atoms with E-state index in [0.29, 0.717) is 24.8 Å². The number of hydrogen-bond acceptors (Lipinski definition) is 3. The van der Waals surface area contributed by atoms with Crippen molar-refractivity contribution in [1.29, 1.82) is 0 Å². The van der Waals surface area contributed by atoms with Gasteiger partial charge in [-0.2, -0.15) is 0 Å². The number of hydrogen-bond donors (Lipinski definition) is 1. The summed E-state index contributed by atoms with van der Waals surface area (Å²) in [4.78, 5) is 3.93. The average molecular weight is 456 g/mol. The highest BCUT2D eigenvalue weighted by atomic mass is 32.2. The molecular formula is C25H30FN3O2S. The van der Waals surface area contributed by atoms with Crippen LogP contribution in [0.3, 0.4) is 0 Å². The Bertz CT molecular complexity index is 1190. The third-order valence-electron chi connectivity index (χ3n) is 6.33. The van der Waals surface area contributed by atoms with Gasteiger partial charge in [-0.05, 0) is 71.9 Å². The third-order valence-corrected chi connectivity index (χ3v) is 7.67. The van der Waals surface area contributed by atoms with Crippen molar-refractivity contribution < 1.29 is 12.8 Å². The number of fused-ring (bicyclic) bond motifs is 1. The minimum absolute atomic E-state index is 0.0338. The Morgan fingerprint density at radius 1 is 1.19 bits per heavy atom. The van der Waals surface area contributed by atoms with Crippen molar-refractivity contribution >= 4 is 10.0 Å². The molecular weight excluding hydrogens is 425 g/mol. The van der Waals surface area contributed by atoms with Crippen LogP contribution in [0.4, 0.5) is 4.39 Å². The molecule has 0 radical (unpaired) electrons. The van der Waals surface area contributed by atoms with Crippen LogP contribution in [0.2, 0.25) is 0 Å². The maximum Gasteiger partial charge on any atom is 0.259 e. The first-order valence-corrected chi connectivity index (χ1v) is 12.7. The molecule has 1 N–H and O–H groups in total. The van der Waals surface area contributed by atoms with Crippen molar-refractivity contribution in [3.05, 3.63) is 83.1 Å². The van der Waals surface area contributed by atoms with E-state index in [1.54, 1.807) is 23.7 Å². The van der Waals surface area contributed by atoms with Gasteiger partial charge in [-0.25, -0.2) is 22.5 Å². The number of sulfonamides is 1. The molecule has 1 aliphatic rings. The first-order valence-electron chi connectivity index (χ1n) is 11.2. The van der Waals surface area contributed by atoms with Crippen LogP contribution in [0.15, 0.2) is 60.0 Å². The normalized spacial score (nSPS) is 18.1. The van der Waals surface area contributed by atoms with E-state index in [1.165, 1.54) is 29.7 Å². The maximum atomic E-state index is 13.7. The fourth-order valence-corrected chi connectivity index (χ4v) is 5.82. The molecule has 1 heterocycles. The number of benzene rings is 2. The Morgan fingerprint density at radius 3 is 2.75 bits per heavy atom. The molecule has 4 rings (SSSR count). The molecule has 1 aliphatic carbocycles. The van der Waals surface area contributed by atoms with Crippen molar-refractivity contribution in [3.8, 4) is 0 Å². The van der Waals surface area contributed by atoms with Crippen LogP contribution in [0.25, 0.3) is 0 Å². The quantitative estimate of drug-likeness (QED) is 0.521. The molecule has 0 bridgehead atoms. The summed E-state index contributed by atoms with van der Waals surface area (Å²) in [6, 6.07) is 13.4. The zero-order chi connectivity index (χ0) is 22.7. The molecule has 2 atom stereocenters. The number of aryl methyl sites for hydroxylation is 1. The second kappa shape index (κ2) is 9.55. The lowest BCUT2D eigenvalue weighted by molar-refractivity contribution is 0.418. The van der Waals surface area contributed by atoms with Gasteiger partial charge in [0.2, 0.25) is 0 Å². The SMILES string of the molecule is CCCC1Cc2ccc(CCNS(=O)(=O)c3cn(C)cn3)cc2C1Cc1cccc(F)c1. The first-order chi connectivity index (χ1) is 15.4. The first kappa shape index (κ1) is 22.7. The van der Waals surface area contributed by atoms with Gasteiger partial charge in [0.15, 0.2) is 5.03 Å². The zero-order valence-corrected chi connectivity index (χ0v) is 19.4. The number of imidazole rings is 1. The topological polar surface area (TPSA) is 64.0 Å². The maximum absolute atomic E-state index is 13.7. The minimum Gasteiger partial charge on any atom is -0.339 e. The standard InChI is InChI=1S/C25H30FN3O2S/c1-3-5-20-15-21-9-8-18(10-11-28-32(30,31)25-16-29(2)17-27-25)13-23(21)24(20)14-19-6-4-7-22(26)12-19/h4,6-9,12-13,16-17,20,24,28H,3,5,10-11,14-15H2,1-2H3. The van der Waals surface area contributed by atoms with E-state index in [2.05, 4.69) is 34.8 Å². The summed E-state index contributed by atoms with van der Waals surface area (Å²) in [6.45, 7) is 2.52. The highest BCUT2D eigenvalue weighted by Crippen LogP contribution is 2.42. The molecule has 0 amide bonds. The highest BCUT2D eigenvalue weighted by molar-refractivity contribution is 7.89. The number of rotatable bonds is 9. The van der Waals surface area contributed by atoms with Crippen LogP contribution in [0.1, 0.15) is 47.9 Å². The molecule has 0 spiro atoms. The molecule has 32 heavy (non-hydrogen) atoms. The zero-order valence-electron chi connectivity index (χ0n) is 18.6. The van der Waals surface area contributed by atoms with Gasteiger partial charge < -0.3 is 4.57 Å². The van der Waals surface area contributed by atoms with Gasteiger partial charge in [-0.1, -0.05) is 43.7 Å². The number of nitrogens with one attached hydrogen (secondary N) is 1. The lowest BCUT2D eigenvalue weighted by Gasteiger charge is -2.21. The number of halogens is 1. The Morgan fingerprint density at radius 2 is 2.03 bits per heavy atom. The minimum atomic E-state index is -3.61. The Hall–Kier alpha value is -2.51. The van der Waals surface area contributed by atoms with Gasteiger partial charge in [-0.15, -0.1) is 0 Å². The summed E-state index contributed by atoms with van der Waals surface area (Å²) < 4.78 is 42.8. The smallest absolute Gasteiger partial charge is 0.259 e. The second-order valence-electron chi connectivity index (χ2n) is 8.75. The van der Waals surface area contributed by atoms with E-state index in [9.17, 15) is 12.8 Å². The van der Waals surface area contributed by atoms with Crippen LogP contribution in [-0.4, -0.2) is 24.5 Å². The molecule has 2 aromatic carbocycles. The number of aromatic nitrogens is 2. The van der Waals surface area contributed by atoms with Gasteiger partial charge in [0.1, 0.15) is 5.82 Å². The predicted octanol–water partition coefficient (Wildman–Crippen LogP) is 4.38. The van der Waals surface area contributed by atoms with E-state index in [4.69, 9.17) is 0 Å². The van der Waals surface area contributed by atoms with Crippen LogP contribution >= 0.6 is 0 Å². The van der Waals surface area contributed by atoms with Crippen LogP contribution in [-0.2, 0) is 36.3 Å². The van der Waals surface area contributed by atoms with E-state index in [1.807, 2.05) is 6.07 Å². The molecule has 5 nitrogen and oxygen atoms in total. The summed E-state index contributed by atoms with van der Waals surface area (Å²) in [5.41, 5.74) is 4.83. The monoisotopic (exact) mass is 455 g/mol. The molecule has 170 valence electrons. The van der Waals surface area contributed by atoms with E-state index in [-0.39, 0.29) is 10.8 Å². The Kier molecular flexibility index (Phi) is 6.76. The van der Waals surface area contributed by atoms with Crippen LogP contribution in [0.5, 0.6) is 0 Å².